The van der Waals surface area contributed by atoms with Gasteiger partial charge in [-0.2, -0.15) is 0 Å². The Morgan fingerprint density at radius 3 is 2.56 bits per heavy atom. The summed E-state index contributed by atoms with van der Waals surface area (Å²) in [6.45, 7) is 6.45. The van der Waals surface area contributed by atoms with Gasteiger partial charge in [-0.1, -0.05) is 6.92 Å². The topological polar surface area (TPSA) is 97.0 Å². The zero-order valence-electron chi connectivity index (χ0n) is 14.8. The van der Waals surface area contributed by atoms with E-state index in [0.717, 1.165) is 17.7 Å². The molecule has 2 aromatic rings. The summed E-state index contributed by atoms with van der Waals surface area (Å²) in [6, 6.07) is 7.37. The minimum absolute atomic E-state index is 0.0915. The quantitative estimate of drug-likeness (QED) is 0.764. The molecule has 0 bridgehead atoms. The molecule has 7 nitrogen and oxygen atoms in total. The van der Waals surface area contributed by atoms with Crippen LogP contribution in [0.25, 0.3) is 11.4 Å². The molecule has 1 heterocycles. The van der Waals surface area contributed by atoms with Crippen molar-refractivity contribution in [1.29, 1.82) is 0 Å². The number of aromatic nitrogens is 3. The van der Waals surface area contributed by atoms with Gasteiger partial charge in [0.25, 0.3) is 5.56 Å². The minimum atomic E-state index is -0.324. The lowest BCUT2D eigenvalue weighted by Crippen LogP contribution is -2.32. The van der Waals surface area contributed by atoms with Crippen molar-refractivity contribution in [3.05, 3.63) is 40.3 Å². The van der Waals surface area contributed by atoms with Crippen molar-refractivity contribution >= 4 is 5.91 Å². The number of aryl methyl sites for hydroxylation is 1. The number of carbonyl (C=O) groups is 1. The highest BCUT2D eigenvalue weighted by molar-refractivity contribution is 5.76. The maximum Gasteiger partial charge on any atom is 0.273 e. The van der Waals surface area contributed by atoms with Gasteiger partial charge in [-0.25, -0.2) is 0 Å². The van der Waals surface area contributed by atoms with Gasteiger partial charge in [0.05, 0.1) is 6.61 Å². The van der Waals surface area contributed by atoms with Gasteiger partial charge in [0.15, 0.2) is 5.82 Å². The van der Waals surface area contributed by atoms with Gasteiger partial charge in [-0.3, -0.25) is 9.59 Å². The third-order valence-corrected chi connectivity index (χ3v) is 3.81. The van der Waals surface area contributed by atoms with E-state index in [2.05, 4.69) is 20.5 Å². The second kappa shape index (κ2) is 8.96. The Kier molecular flexibility index (Phi) is 6.68. The molecule has 2 N–H and O–H groups in total. The molecule has 0 saturated heterocycles. The summed E-state index contributed by atoms with van der Waals surface area (Å²) >= 11 is 0. The Morgan fingerprint density at radius 2 is 1.96 bits per heavy atom. The number of carbonyl (C=O) groups excluding carboxylic acids is 1. The zero-order valence-corrected chi connectivity index (χ0v) is 14.8. The van der Waals surface area contributed by atoms with Crippen LogP contribution in [0.15, 0.2) is 29.1 Å². The molecule has 7 heteroatoms. The molecule has 0 aliphatic heterocycles. The van der Waals surface area contributed by atoms with Crippen molar-refractivity contribution in [3.8, 4) is 17.1 Å². The molecular formula is C18H24N4O3. The van der Waals surface area contributed by atoms with Crippen LogP contribution in [-0.4, -0.2) is 33.7 Å². The van der Waals surface area contributed by atoms with E-state index < -0.39 is 0 Å². The summed E-state index contributed by atoms with van der Waals surface area (Å²) in [6.07, 6.45) is 1.33. The SMILES string of the molecule is CCOc1ccc(-c2nnc(CCC(=O)N[C@@H](C)CC)c(=O)[nH]2)cc1. The molecule has 0 saturated carbocycles. The van der Waals surface area contributed by atoms with Crippen LogP contribution >= 0.6 is 0 Å². The number of H-pyrrole nitrogens is 1. The van der Waals surface area contributed by atoms with Crippen LogP contribution in [0.5, 0.6) is 5.75 Å². The highest BCUT2D eigenvalue weighted by Gasteiger charge is 2.10. The standard InChI is InChI=1S/C18H24N4O3/c1-4-12(3)19-16(23)11-10-15-18(24)20-17(22-21-15)13-6-8-14(9-7-13)25-5-2/h6-9,12H,4-5,10-11H2,1-3H3,(H,19,23)(H,20,22,24)/t12-/m0/s1. The van der Waals surface area contributed by atoms with Gasteiger partial charge in [0.1, 0.15) is 11.4 Å². The highest BCUT2D eigenvalue weighted by atomic mass is 16.5. The Balaban J connectivity index is 2.02. The van der Waals surface area contributed by atoms with E-state index in [1.165, 1.54) is 0 Å². The molecule has 1 aromatic carbocycles. The molecular weight excluding hydrogens is 320 g/mol. The van der Waals surface area contributed by atoms with E-state index in [-0.39, 0.29) is 36.0 Å². The first-order chi connectivity index (χ1) is 12.0. The van der Waals surface area contributed by atoms with Crippen LogP contribution in [0.1, 0.15) is 39.3 Å². The van der Waals surface area contributed by atoms with Crippen molar-refractivity contribution in [2.24, 2.45) is 0 Å². The summed E-state index contributed by atoms with van der Waals surface area (Å²) in [5.74, 6) is 1.05. The molecule has 0 unspecified atom stereocenters. The van der Waals surface area contributed by atoms with Crippen molar-refractivity contribution < 1.29 is 9.53 Å². The predicted molar refractivity (Wildman–Crippen MR) is 95.5 cm³/mol. The zero-order chi connectivity index (χ0) is 18.2. The van der Waals surface area contributed by atoms with Gasteiger partial charge >= 0.3 is 0 Å². The number of ether oxygens (including phenoxy) is 1. The van der Waals surface area contributed by atoms with Crippen LogP contribution in [0.4, 0.5) is 0 Å². The van der Waals surface area contributed by atoms with Crippen molar-refractivity contribution in [1.82, 2.24) is 20.5 Å². The van der Waals surface area contributed by atoms with Crippen molar-refractivity contribution in [2.45, 2.75) is 46.1 Å². The van der Waals surface area contributed by atoms with E-state index in [9.17, 15) is 9.59 Å². The Hall–Kier alpha value is -2.70. The average molecular weight is 344 g/mol. The number of benzene rings is 1. The van der Waals surface area contributed by atoms with E-state index >= 15 is 0 Å². The largest absolute Gasteiger partial charge is 0.494 e. The summed E-state index contributed by atoms with van der Waals surface area (Å²) in [7, 11) is 0. The molecule has 0 spiro atoms. The third-order valence-electron chi connectivity index (χ3n) is 3.81. The fourth-order valence-electron chi connectivity index (χ4n) is 2.21. The smallest absolute Gasteiger partial charge is 0.273 e. The van der Waals surface area contributed by atoms with Crippen LogP contribution in [0.3, 0.4) is 0 Å². The number of nitrogens with one attached hydrogen (secondary N) is 2. The molecule has 25 heavy (non-hydrogen) atoms. The van der Waals surface area contributed by atoms with Gasteiger partial charge in [0, 0.05) is 24.4 Å². The highest BCUT2D eigenvalue weighted by Crippen LogP contribution is 2.18. The van der Waals surface area contributed by atoms with Gasteiger partial charge < -0.3 is 15.0 Å². The fourth-order valence-corrected chi connectivity index (χ4v) is 2.21. The first-order valence-corrected chi connectivity index (χ1v) is 8.52. The van der Waals surface area contributed by atoms with Crippen LogP contribution < -0.4 is 15.6 Å². The van der Waals surface area contributed by atoms with Crippen LogP contribution in [0.2, 0.25) is 0 Å². The molecule has 0 aliphatic carbocycles. The number of amides is 1. The maximum atomic E-state index is 12.2. The molecule has 134 valence electrons. The first kappa shape index (κ1) is 18.6. The van der Waals surface area contributed by atoms with E-state index in [1.807, 2.05) is 45.0 Å². The number of nitrogens with zero attached hydrogens (tertiary/aromatic N) is 2. The Morgan fingerprint density at radius 1 is 1.24 bits per heavy atom. The number of hydrogen-bond donors (Lipinski definition) is 2. The van der Waals surface area contributed by atoms with E-state index in [1.54, 1.807) is 0 Å². The fraction of sp³-hybridized carbons (Fsp3) is 0.444. The molecule has 0 fully saturated rings. The molecule has 0 aliphatic rings. The monoisotopic (exact) mass is 344 g/mol. The summed E-state index contributed by atoms with van der Waals surface area (Å²) in [5.41, 5.74) is 0.679. The average Bonchev–Trinajstić information content (AvgIpc) is 2.61. The lowest BCUT2D eigenvalue weighted by atomic mass is 10.2. The number of rotatable bonds is 8. The minimum Gasteiger partial charge on any atom is -0.494 e. The maximum absolute atomic E-state index is 12.2. The van der Waals surface area contributed by atoms with Crippen LogP contribution in [0, 0.1) is 0 Å². The van der Waals surface area contributed by atoms with Crippen molar-refractivity contribution in [3.63, 3.8) is 0 Å². The van der Waals surface area contributed by atoms with Crippen LogP contribution in [-0.2, 0) is 11.2 Å². The van der Waals surface area contributed by atoms with Crippen molar-refractivity contribution in [2.75, 3.05) is 6.61 Å². The third kappa shape index (κ3) is 5.41. The van der Waals surface area contributed by atoms with Gasteiger partial charge in [-0.05, 0) is 44.5 Å². The second-order valence-corrected chi connectivity index (χ2v) is 5.78. The molecule has 1 aromatic heterocycles. The normalized spacial score (nSPS) is 11.8. The van der Waals surface area contributed by atoms with E-state index in [0.29, 0.717) is 12.4 Å². The number of hydrogen-bond acceptors (Lipinski definition) is 5. The first-order valence-electron chi connectivity index (χ1n) is 8.52. The number of aromatic amines is 1. The lowest BCUT2D eigenvalue weighted by Gasteiger charge is -2.10. The lowest BCUT2D eigenvalue weighted by molar-refractivity contribution is -0.121. The summed E-state index contributed by atoms with van der Waals surface area (Å²) in [4.78, 5) is 26.7. The van der Waals surface area contributed by atoms with Gasteiger partial charge in [0.2, 0.25) is 5.91 Å². The second-order valence-electron chi connectivity index (χ2n) is 5.78. The summed E-state index contributed by atoms with van der Waals surface area (Å²) in [5, 5.41) is 10.9. The molecule has 0 radical (unpaired) electrons. The molecule has 2 rings (SSSR count). The Bertz CT molecular complexity index is 756. The summed E-state index contributed by atoms with van der Waals surface area (Å²) < 4.78 is 5.38. The molecule has 1 atom stereocenters. The van der Waals surface area contributed by atoms with E-state index in [4.69, 9.17) is 4.74 Å². The predicted octanol–water partition coefficient (Wildman–Crippen LogP) is 2.08. The Labute approximate surface area is 146 Å². The molecule has 1 amide bonds. The van der Waals surface area contributed by atoms with Gasteiger partial charge in [-0.15, -0.1) is 10.2 Å².